The lowest BCUT2D eigenvalue weighted by molar-refractivity contribution is -0.137. The molecule has 3 nitrogen and oxygen atoms in total. The number of halogens is 2. The molecular formula is C4H5Cl2NO2. The molecular weight excluding hydrogens is 165 g/mol. The summed E-state index contributed by atoms with van der Waals surface area (Å²) >= 11 is 10.2. The summed E-state index contributed by atoms with van der Waals surface area (Å²) in [5.41, 5.74) is 4.97. The van der Waals surface area contributed by atoms with Crippen molar-refractivity contribution in [2.24, 2.45) is 5.73 Å². The Labute approximate surface area is 62.0 Å². The van der Waals surface area contributed by atoms with Gasteiger partial charge in [-0.2, -0.15) is 0 Å². The van der Waals surface area contributed by atoms with E-state index in [1.54, 1.807) is 0 Å². The highest BCUT2D eigenvalue weighted by Crippen LogP contribution is 2.06. The van der Waals surface area contributed by atoms with Gasteiger partial charge in [-0.15, -0.1) is 0 Å². The van der Waals surface area contributed by atoms with E-state index in [9.17, 15) is 4.79 Å². The molecule has 0 rings (SSSR count). The molecule has 0 aliphatic rings. The van der Waals surface area contributed by atoms with Crippen molar-refractivity contribution >= 4 is 29.2 Å². The van der Waals surface area contributed by atoms with Gasteiger partial charge in [0.1, 0.15) is 10.5 Å². The highest BCUT2D eigenvalue weighted by molar-refractivity contribution is 6.56. The molecule has 0 aromatic carbocycles. The van der Waals surface area contributed by atoms with E-state index in [4.69, 9.17) is 34.0 Å². The zero-order chi connectivity index (χ0) is 7.44. The zero-order valence-electron chi connectivity index (χ0n) is 4.34. The summed E-state index contributed by atoms with van der Waals surface area (Å²) in [6, 6.07) is -1.12. The molecule has 0 saturated heterocycles. The van der Waals surface area contributed by atoms with Crippen LogP contribution in [0.1, 0.15) is 0 Å². The fourth-order valence-corrected chi connectivity index (χ4v) is 0.478. The van der Waals surface area contributed by atoms with Crippen LogP contribution in [0.4, 0.5) is 0 Å². The summed E-state index contributed by atoms with van der Waals surface area (Å²) in [5, 5.41) is 8.14. The largest absolute Gasteiger partial charge is 0.480 e. The first-order chi connectivity index (χ1) is 4.04. The monoisotopic (exact) mass is 169 g/mol. The van der Waals surface area contributed by atoms with Crippen LogP contribution in [-0.2, 0) is 4.79 Å². The molecule has 0 amide bonds. The zero-order valence-corrected chi connectivity index (χ0v) is 5.86. The van der Waals surface area contributed by atoms with Crippen LogP contribution in [0.5, 0.6) is 0 Å². The van der Waals surface area contributed by atoms with Crippen molar-refractivity contribution in [2.75, 3.05) is 0 Å². The first kappa shape index (κ1) is 8.75. The van der Waals surface area contributed by atoms with Crippen LogP contribution < -0.4 is 5.73 Å². The summed E-state index contributed by atoms with van der Waals surface area (Å²) in [6.45, 7) is 0. The Hall–Kier alpha value is -0.250. The molecule has 9 heavy (non-hydrogen) atoms. The third kappa shape index (κ3) is 4.27. The third-order valence-corrected chi connectivity index (χ3v) is 0.843. The van der Waals surface area contributed by atoms with E-state index < -0.39 is 12.0 Å². The topological polar surface area (TPSA) is 63.3 Å². The molecule has 0 aromatic rings. The smallest absolute Gasteiger partial charge is 0.324 e. The SMILES string of the molecule is N[C@H](C=C(Cl)Cl)C(=O)O. The van der Waals surface area contributed by atoms with Crippen LogP contribution in [0.2, 0.25) is 0 Å². The summed E-state index contributed by atoms with van der Waals surface area (Å²) in [5.74, 6) is -1.16. The maximum atomic E-state index is 9.95. The summed E-state index contributed by atoms with van der Waals surface area (Å²) in [4.78, 5) is 9.95. The van der Waals surface area contributed by atoms with Crippen LogP contribution in [0.25, 0.3) is 0 Å². The number of nitrogens with two attached hydrogens (primary N) is 1. The molecule has 0 unspecified atom stereocenters. The molecule has 0 heterocycles. The lowest BCUT2D eigenvalue weighted by Crippen LogP contribution is -2.27. The van der Waals surface area contributed by atoms with E-state index in [0.717, 1.165) is 6.08 Å². The molecule has 0 aromatic heterocycles. The predicted octanol–water partition coefficient (Wildman–Crippen LogP) is 0.717. The Bertz CT molecular complexity index is 142. The lowest BCUT2D eigenvalue weighted by Gasteiger charge is -1.95. The van der Waals surface area contributed by atoms with Crippen LogP contribution in [0, 0.1) is 0 Å². The van der Waals surface area contributed by atoms with E-state index in [2.05, 4.69) is 0 Å². The van der Waals surface area contributed by atoms with Crippen LogP contribution in [0.3, 0.4) is 0 Å². The van der Waals surface area contributed by atoms with E-state index >= 15 is 0 Å². The average molecular weight is 170 g/mol. The minimum Gasteiger partial charge on any atom is -0.480 e. The Morgan fingerprint density at radius 2 is 2.11 bits per heavy atom. The van der Waals surface area contributed by atoms with Crippen molar-refractivity contribution in [2.45, 2.75) is 6.04 Å². The van der Waals surface area contributed by atoms with Crippen molar-refractivity contribution < 1.29 is 9.90 Å². The number of rotatable bonds is 2. The molecule has 0 fully saturated rings. The van der Waals surface area contributed by atoms with Crippen LogP contribution in [-0.4, -0.2) is 17.1 Å². The molecule has 0 spiro atoms. The second-order valence-electron chi connectivity index (χ2n) is 1.32. The normalized spacial score (nSPS) is 12.3. The van der Waals surface area contributed by atoms with E-state index in [0.29, 0.717) is 0 Å². The predicted molar refractivity (Wildman–Crippen MR) is 35.4 cm³/mol. The molecule has 0 aliphatic heterocycles. The second kappa shape index (κ2) is 3.71. The Morgan fingerprint density at radius 1 is 1.67 bits per heavy atom. The number of hydrogen-bond donors (Lipinski definition) is 2. The molecule has 0 bridgehead atoms. The Kier molecular flexibility index (Phi) is 3.61. The first-order valence-corrected chi connectivity index (χ1v) is 2.81. The fourth-order valence-electron chi connectivity index (χ4n) is 0.207. The van der Waals surface area contributed by atoms with Crippen LogP contribution >= 0.6 is 23.2 Å². The van der Waals surface area contributed by atoms with Gasteiger partial charge in [-0.3, -0.25) is 4.79 Å². The lowest BCUT2D eigenvalue weighted by atomic mass is 10.3. The number of carboxylic acid groups (broad SMARTS) is 1. The number of hydrogen-bond acceptors (Lipinski definition) is 2. The maximum Gasteiger partial charge on any atom is 0.324 e. The number of aliphatic carboxylic acids is 1. The van der Waals surface area contributed by atoms with Gasteiger partial charge < -0.3 is 10.8 Å². The van der Waals surface area contributed by atoms with Gasteiger partial charge in [0.25, 0.3) is 0 Å². The van der Waals surface area contributed by atoms with E-state index in [-0.39, 0.29) is 4.49 Å². The second-order valence-corrected chi connectivity index (χ2v) is 2.33. The maximum absolute atomic E-state index is 9.95. The molecule has 52 valence electrons. The standard InChI is InChI=1S/C4H5Cl2NO2/c5-3(6)1-2(7)4(8)9/h1-2H,7H2,(H,8,9)/t2-/m1/s1. The molecule has 1 atom stereocenters. The van der Waals surface area contributed by atoms with Gasteiger partial charge in [-0.25, -0.2) is 0 Å². The molecule has 0 radical (unpaired) electrons. The average Bonchev–Trinajstić information content (AvgIpc) is 1.63. The van der Waals surface area contributed by atoms with Gasteiger partial charge in [-0.1, -0.05) is 23.2 Å². The number of carboxylic acids is 1. The summed E-state index contributed by atoms with van der Waals surface area (Å²) in [7, 11) is 0. The van der Waals surface area contributed by atoms with E-state index in [1.807, 2.05) is 0 Å². The van der Waals surface area contributed by atoms with Crippen LogP contribution in [0.15, 0.2) is 10.6 Å². The molecule has 0 aliphatic carbocycles. The quantitative estimate of drug-likeness (QED) is 0.641. The third-order valence-electron chi connectivity index (χ3n) is 0.591. The number of carbonyl (C=O) groups is 1. The first-order valence-electron chi connectivity index (χ1n) is 2.05. The van der Waals surface area contributed by atoms with Gasteiger partial charge >= 0.3 is 5.97 Å². The Morgan fingerprint density at radius 3 is 2.22 bits per heavy atom. The van der Waals surface area contributed by atoms with Gasteiger partial charge in [0.15, 0.2) is 0 Å². The fraction of sp³-hybridized carbons (Fsp3) is 0.250. The Balaban J connectivity index is 3.91. The highest BCUT2D eigenvalue weighted by Gasteiger charge is 2.06. The van der Waals surface area contributed by atoms with Crippen molar-refractivity contribution in [3.05, 3.63) is 10.6 Å². The van der Waals surface area contributed by atoms with Gasteiger partial charge in [-0.05, 0) is 6.08 Å². The van der Waals surface area contributed by atoms with Crippen molar-refractivity contribution in [1.29, 1.82) is 0 Å². The van der Waals surface area contributed by atoms with Gasteiger partial charge in [0.05, 0.1) is 0 Å². The summed E-state index contributed by atoms with van der Waals surface area (Å²) < 4.78 is -0.134. The van der Waals surface area contributed by atoms with Crippen molar-refractivity contribution in [3.8, 4) is 0 Å². The minimum atomic E-state index is -1.16. The van der Waals surface area contributed by atoms with E-state index in [1.165, 1.54) is 0 Å². The minimum absolute atomic E-state index is 0.134. The highest BCUT2D eigenvalue weighted by atomic mass is 35.5. The van der Waals surface area contributed by atoms with Gasteiger partial charge in [0.2, 0.25) is 0 Å². The van der Waals surface area contributed by atoms with Crippen molar-refractivity contribution in [1.82, 2.24) is 0 Å². The van der Waals surface area contributed by atoms with Gasteiger partial charge in [0, 0.05) is 0 Å². The summed E-state index contributed by atoms with van der Waals surface area (Å²) in [6.07, 6.45) is 1.03. The molecule has 5 heteroatoms. The molecule has 0 saturated carbocycles. The van der Waals surface area contributed by atoms with Crippen molar-refractivity contribution in [3.63, 3.8) is 0 Å². The molecule has 3 N–H and O–H groups in total.